The van der Waals surface area contributed by atoms with Gasteiger partial charge in [0.15, 0.2) is 5.82 Å². The second-order valence-corrected chi connectivity index (χ2v) is 3.79. The van der Waals surface area contributed by atoms with Gasteiger partial charge in [0.05, 0.1) is 11.3 Å². The largest absolute Gasteiger partial charge is 0.396 e. The van der Waals surface area contributed by atoms with Gasteiger partial charge < -0.3 is 5.73 Å². The van der Waals surface area contributed by atoms with Crippen molar-refractivity contribution in [2.75, 3.05) is 5.73 Å². The lowest BCUT2D eigenvalue weighted by Gasteiger charge is -2.08. The molecule has 17 heavy (non-hydrogen) atoms. The lowest BCUT2D eigenvalue weighted by atomic mass is 10.0. The fourth-order valence-corrected chi connectivity index (χ4v) is 1.58. The molecule has 2 aromatic rings. The maximum Gasteiger partial charge on any atom is 0.156 e. The van der Waals surface area contributed by atoms with E-state index in [1.165, 1.54) is 12.1 Å². The Hall–Kier alpha value is -1.97. The molecular formula is C13H10F3N. The van der Waals surface area contributed by atoms with E-state index >= 15 is 0 Å². The molecule has 0 aliphatic carbocycles. The minimum Gasteiger partial charge on any atom is -0.396 e. The van der Waals surface area contributed by atoms with Crippen LogP contribution in [0, 0.1) is 24.4 Å². The molecule has 0 saturated heterocycles. The molecule has 88 valence electrons. The first-order valence-electron chi connectivity index (χ1n) is 5.00. The second-order valence-electron chi connectivity index (χ2n) is 3.79. The molecule has 0 spiro atoms. The standard InChI is InChI=1S/C13H10F3N/c1-7-2-3-8(6-10(7)15)12-9(14)4-5-11(17)13(12)16/h2-6H,17H2,1H3. The lowest BCUT2D eigenvalue weighted by molar-refractivity contribution is 0.591. The number of halogens is 3. The van der Waals surface area contributed by atoms with Crippen LogP contribution >= 0.6 is 0 Å². The number of benzene rings is 2. The van der Waals surface area contributed by atoms with Gasteiger partial charge in [-0.1, -0.05) is 12.1 Å². The van der Waals surface area contributed by atoms with Crippen molar-refractivity contribution in [1.29, 1.82) is 0 Å². The maximum atomic E-state index is 13.7. The summed E-state index contributed by atoms with van der Waals surface area (Å²) in [4.78, 5) is 0. The monoisotopic (exact) mass is 237 g/mol. The van der Waals surface area contributed by atoms with Crippen LogP contribution in [0.3, 0.4) is 0 Å². The molecule has 0 aromatic heterocycles. The van der Waals surface area contributed by atoms with Crippen molar-refractivity contribution >= 4 is 5.69 Å². The Morgan fingerprint density at radius 2 is 1.65 bits per heavy atom. The van der Waals surface area contributed by atoms with E-state index in [0.29, 0.717) is 5.56 Å². The third-order valence-corrected chi connectivity index (χ3v) is 2.58. The van der Waals surface area contributed by atoms with Crippen LogP contribution in [0.4, 0.5) is 18.9 Å². The van der Waals surface area contributed by atoms with Gasteiger partial charge in [-0.25, -0.2) is 13.2 Å². The molecule has 0 amide bonds. The van der Waals surface area contributed by atoms with E-state index in [4.69, 9.17) is 5.73 Å². The Morgan fingerprint density at radius 1 is 0.941 bits per heavy atom. The van der Waals surface area contributed by atoms with Gasteiger partial charge in [-0.2, -0.15) is 0 Å². The van der Waals surface area contributed by atoms with Crippen molar-refractivity contribution in [3.05, 3.63) is 53.3 Å². The summed E-state index contributed by atoms with van der Waals surface area (Å²) < 4.78 is 40.6. The molecule has 2 N–H and O–H groups in total. The average Bonchev–Trinajstić information content (AvgIpc) is 2.29. The molecular weight excluding hydrogens is 227 g/mol. The fraction of sp³-hybridized carbons (Fsp3) is 0.0769. The van der Waals surface area contributed by atoms with Crippen LogP contribution in [0.2, 0.25) is 0 Å². The zero-order valence-electron chi connectivity index (χ0n) is 9.10. The molecule has 4 heteroatoms. The molecule has 0 bridgehead atoms. The quantitative estimate of drug-likeness (QED) is 0.752. The third-order valence-electron chi connectivity index (χ3n) is 2.58. The summed E-state index contributed by atoms with van der Waals surface area (Å²) in [5.41, 5.74) is 5.44. The van der Waals surface area contributed by atoms with Crippen molar-refractivity contribution in [1.82, 2.24) is 0 Å². The number of hydrogen-bond donors (Lipinski definition) is 1. The molecule has 0 saturated carbocycles. The van der Waals surface area contributed by atoms with E-state index in [1.807, 2.05) is 0 Å². The molecule has 2 rings (SSSR count). The Morgan fingerprint density at radius 3 is 2.29 bits per heavy atom. The van der Waals surface area contributed by atoms with Gasteiger partial charge in [0.25, 0.3) is 0 Å². The number of rotatable bonds is 1. The Balaban J connectivity index is 2.68. The van der Waals surface area contributed by atoms with E-state index in [9.17, 15) is 13.2 Å². The molecule has 1 nitrogen and oxygen atoms in total. The van der Waals surface area contributed by atoms with Gasteiger partial charge in [-0.05, 0) is 36.2 Å². The van der Waals surface area contributed by atoms with E-state index in [2.05, 4.69) is 0 Å². The minimum absolute atomic E-state index is 0.135. The van der Waals surface area contributed by atoms with Gasteiger partial charge in [0.1, 0.15) is 11.6 Å². The lowest BCUT2D eigenvalue weighted by Crippen LogP contribution is -1.97. The molecule has 0 unspecified atom stereocenters. The summed E-state index contributed by atoms with van der Waals surface area (Å²) in [7, 11) is 0. The van der Waals surface area contributed by atoms with Crippen LogP contribution < -0.4 is 5.73 Å². The van der Waals surface area contributed by atoms with Gasteiger partial charge in [-0.3, -0.25) is 0 Å². The zero-order chi connectivity index (χ0) is 12.6. The second kappa shape index (κ2) is 4.13. The average molecular weight is 237 g/mol. The Labute approximate surface area is 96.7 Å². The summed E-state index contributed by atoms with van der Waals surface area (Å²) in [5.74, 6) is -2.14. The van der Waals surface area contributed by atoms with Crippen LogP contribution in [0.25, 0.3) is 11.1 Å². The molecule has 0 aliphatic heterocycles. The van der Waals surface area contributed by atoms with E-state index in [1.54, 1.807) is 6.92 Å². The number of anilines is 1. The molecule has 2 aromatic carbocycles. The first kappa shape index (κ1) is 11.5. The number of hydrogen-bond acceptors (Lipinski definition) is 1. The number of nitrogens with two attached hydrogens (primary N) is 1. The summed E-state index contributed by atoms with van der Waals surface area (Å²) >= 11 is 0. The van der Waals surface area contributed by atoms with Gasteiger partial charge in [0, 0.05) is 0 Å². The van der Waals surface area contributed by atoms with Crippen molar-refractivity contribution in [3.63, 3.8) is 0 Å². The Kier molecular flexibility index (Phi) is 2.79. The van der Waals surface area contributed by atoms with E-state index in [0.717, 1.165) is 18.2 Å². The van der Waals surface area contributed by atoms with Crippen LogP contribution in [-0.4, -0.2) is 0 Å². The SMILES string of the molecule is Cc1ccc(-c2c(F)ccc(N)c2F)cc1F. The topological polar surface area (TPSA) is 26.0 Å². The van der Waals surface area contributed by atoms with Crippen molar-refractivity contribution in [3.8, 4) is 11.1 Å². The Bertz CT molecular complexity index is 579. The highest BCUT2D eigenvalue weighted by atomic mass is 19.1. The van der Waals surface area contributed by atoms with Crippen LogP contribution in [0.1, 0.15) is 5.56 Å². The van der Waals surface area contributed by atoms with Gasteiger partial charge in [0.2, 0.25) is 0 Å². The first-order valence-corrected chi connectivity index (χ1v) is 5.00. The third kappa shape index (κ3) is 1.98. The fourth-order valence-electron chi connectivity index (χ4n) is 1.58. The highest BCUT2D eigenvalue weighted by Crippen LogP contribution is 2.30. The first-order chi connectivity index (χ1) is 8.00. The smallest absolute Gasteiger partial charge is 0.156 e. The maximum absolute atomic E-state index is 13.7. The number of aryl methyl sites for hydroxylation is 1. The molecule has 0 aliphatic rings. The van der Waals surface area contributed by atoms with E-state index < -0.39 is 17.5 Å². The van der Waals surface area contributed by atoms with Crippen LogP contribution in [0.15, 0.2) is 30.3 Å². The van der Waals surface area contributed by atoms with Gasteiger partial charge in [-0.15, -0.1) is 0 Å². The summed E-state index contributed by atoms with van der Waals surface area (Å²) in [6.07, 6.45) is 0. The highest BCUT2D eigenvalue weighted by Gasteiger charge is 2.14. The summed E-state index contributed by atoms with van der Waals surface area (Å²) in [5, 5.41) is 0. The molecule has 0 radical (unpaired) electrons. The van der Waals surface area contributed by atoms with Crippen LogP contribution in [0.5, 0.6) is 0 Å². The molecule has 0 fully saturated rings. The van der Waals surface area contributed by atoms with Crippen LogP contribution in [-0.2, 0) is 0 Å². The molecule has 0 atom stereocenters. The number of nitrogen functional groups attached to an aromatic ring is 1. The van der Waals surface area contributed by atoms with Crippen molar-refractivity contribution in [2.45, 2.75) is 6.92 Å². The highest BCUT2D eigenvalue weighted by molar-refractivity contribution is 5.69. The predicted molar refractivity (Wildman–Crippen MR) is 60.9 cm³/mol. The van der Waals surface area contributed by atoms with Gasteiger partial charge >= 0.3 is 0 Å². The summed E-state index contributed by atoms with van der Waals surface area (Å²) in [6, 6.07) is 6.21. The minimum atomic E-state index is -0.867. The summed E-state index contributed by atoms with van der Waals surface area (Å²) in [6.45, 7) is 1.57. The predicted octanol–water partition coefficient (Wildman–Crippen LogP) is 3.66. The van der Waals surface area contributed by atoms with Crippen molar-refractivity contribution < 1.29 is 13.2 Å². The normalized spacial score (nSPS) is 10.6. The zero-order valence-corrected chi connectivity index (χ0v) is 9.10. The van der Waals surface area contributed by atoms with Crippen molar-refractivity contribution in [2.24, 2.45) is 0 Å². The van der Waals surface area contributed by atoms with E-state index in [-0.39, 0.29) is 16.8 Å². The molecule has 0 heterocycles.